The summed E-state index contributed by atoms with van der Waals surface area (Å²) in [5.74, 6) is -2.70. The van der Waals surface area contributed by atoms with Crippen molar-refractivity contribution in [1.82, 2.24) is 0 Å². The van der Waals surface area contributed by atoms with E-state index in [2.05, 4.69) is 6.92 Å². The Kier molecular flexibility index (Phi) is 6.33. The Morgan fingerprint density at radius 3 is 2.33 bits per heavy atom. The Balaban J connectivity index is 2.37. The minimum absolute atomic E-state index is 0.205. The second-order valence-corrected chi connectivity index (χ2v) is 4.15. The Morgan fingerprint density at radius 2 is 1.72 bits per heavy atom. The average Bonchev–Trinajstić information content (AvgIpc) is 2.33. The number of halogens is 2. The highest BCUT2D eigenvalue weighted by Gasteiger charge is 2.17. The molecule has 0 aliphatic rings. The van der Waals surface area contributed by atoms with Crippen molar-refractivity contribution in [2.24, 2.45) is 0 Å². The molecule has 0 heterocycles. The molecule has 0 unspecified atom stereocenters. The number of carbonyl (C=O) groups excluding carboxylic acids is 1. The van der Waals surface area contributed by atoms with Crippen molar-refractivity contribution < 1.29 is 18.3 Å². The third kappa shape index (κ3) is 4.43. The minimum atomic E-state index is -0.930. The van der Waals surface area contributed by atoms with E-state index in [0.29, 0.717) is 0 Å². The summed E-state index contributed by atoms with van der Waals surface area (Å²) in [4.78, 5) is 11.5. The lowest BCUT2D eigenvalue weighted by atomic mass is 10.1. The lowest BCUT2D eigenvalue weighted by Crippen LogP contribution is -2.11. The van der Waals surface area contributed by atoms with Gasteiger partial charge < -0.3 is 4.74 Å². The van der Waals surface area contributed by atoms with Crippen molar-refractivity contribution in [3.05, 3.63) is 35.4 Å². The second kappa shape index (κ2) is 7.80. The summed E-state index contributed by atoms with van der Waals surface area (Å²) in [6, 6.07) is 3.30. The molecule has 1 aromatic rings. The molecule has 0 N–H and O–H groups in total. The van der Waals surface area contributed by atoms with Crippen LogP contribution in [-0.2, 0) is 4.74 Å². The Hall–Kier alpha value is -1.45. The zero-order valence-corrected chi connectivity index (χ0v) is 10.5. The van der Waals surface area contributed by atoms with E-state index in [1.165, 1.54) is 6.07 Å². The van der Waals surface area contributed by atoms with E-state index in [4.69, 9.17) is 4.74 Å². The number of unbranched alkanes of at least 4 members (excludes halogenated alkanes) is 4. The van der Waals surface area contributed by atoms with Gasteiger partial charge in [-0.25, -0.2) is 13.6 Å². The molecule has 100 valence electrons. The zero-order valence-electron chi connectivity index (χ0n) is 10.5. The van der Waals surface area contributed by atoms with E-state index < -0.39 is 23.2 Å². The predicted molar refractivity (Wildman–Crippen MR) is 65.4 cm³/mol. The van der Waals surface area contributed by atoms with E-state index in [1.807, 2.05) is 0 Å². The molecule has 2 nitrogen and oxygen atoms in total. The van der Waals surface area contributed by atoms with Gasteiger partial charge in [0.1, 0.15) is 17.2 Å². The number of benzene rings is 1. The van der Waals surface area contributed by atoms with Crippen molar-refractivity contribution in [3.8, 4) is 0 Å². The first-order valence-corrected chi connectivity index (χ1v) is 6.28. The fourth-order valence-corrected chi connectivity index (χ4v) is 1.64. The van der Waals surface area contributed by atoms with Crippen LogP contribution in [-0.4, -0.2) is 12.6 Å². The number of rotatable bonds is 7. The van der Waals surface area contributed by atoms with Crippen molar-refractivity contribution in [3.63, 3.8) is 0 Å². The van der Waals surface area contributed by atoms with E-state index in [9.17, 15) is 13.6 Å². The molecule has 18 heavy (non-hydrogen) atoms. The smallest absolute Gasteiger partial charge is 0.344 e. The molecule has 0 aliphatic carbocycles. The van der Waals surface area contributed by atoms with Gasteiger partial charge in [0.25, 0.3) is 0 Å². The summed E-state index contributed by atoms with van der Waals surface area (Å²) >= 11 is 0. The molecule has 0 aromatic heterocycles. The number of hydrogen-bond acceptors (Lipinski definition) is 2. The van der Waals surface area contributed by atoms with E-state index in [1.54, 1.807) is 0 Å². The average molecular weight is 256 g/mol. The molecule has 0 saturated heterocycles. The van der Waals surface area contributed by atoms with Crippen molar-refractivity contribution in [2.45, 2.75) is 39.0 Å². The summed E-state index contributed by atoms with van der Waals surface area (Å²) < 4.78 is 31.3. The summed E-state index contributed by atoms with van der Waals surface area (Å²) in [7, 11) is 0. The summed E-state index contributed by atoms with van der Waals surface area (Å²) in [5.41, 5.74) is -0.606. The van der Waals surface area contributed by atoms with Gasteiger partial charge in [-0.1, -0.05) is 38.7 Å². The molecule has 1 rings (SSSR count). The van der Waals surface area contributed by atoms with Gasteiger partial charge in [-0.2, -0.15) is 0 Å². The summed E-state index contributed by atoms with van der Waals surface area (Å²) in [5, 5.41) is 0. The van der Waals surface area contributed by atoms with E-state index >= 15 is 0 Å². The number of carbonyl (C=O) groups is 1. The summed E-state index contributed by atoms with van der Waals surface area (Å²) in [6.45, 7) is 2.32. The first-order chi connectivity index (χ1) is 8.66. The lowest BCUT2D eigenvalue weighted by Gasteiger charge is -2.06. The second-order valence-electron chi connectivity index (χ2n) is 4.15. The maximum absolute atomic E-state index is 13.2. The van der Waals surface area contributed by atoms with Crippen LogP contribution in [0.2, 0.25) is 0 Å². The van der Waals surface area contributed by atoms with Crippen molar-refractivity contribution >= 4 is 5.97 Å². The van der Waals surface area contributed by atoms with Gasteiger partial charge in [-0.15, -0.1) is 0 Å². The quantitative estimate of drug-likeness (QED) is 0.542. The van der Waals surface area contributed by atoms with Gasteiger partial charge in [-0.3, -0.25) is 0 Å². The topological polar surface area (TPSA) is 26.3 Å². The highest BCUT2D eigenvalue weighted by molar-refractivity contribution is 5.89. The van der Waals surface area contributed by atoms with Gasteiger partial charge in [0.05, 0.1) is 6.61 Å². The first kappa shape index (κ1) is 14.6. The van der Waals surface area contributed by atoms with Crippen LogP contribution in [0.3, 0.4) is 0 Å². The monoisotopic (exact) mass is 256 g/mol. The molecule has 0 radical (unpaired) electrons. The Bertz CT molecular complexity index is 371. The molecule has 0 amide bonds. The highest BCUT2D eigenvalue weighted by atomic mass is 19.1. The maximum atomic E-state index is 13.2. The first-order valence-electron chi connectivity index (χ1n) is 6.28. The number of hydrogen-bond donors (Lipinski definition) is 0. The van der Waals surface area contributed by atoms with Crippen LogP contribution < -0.4 is 0 Å². The highest BCUT2D eigenvalue weighted by Crippen LogP contribution is 2.13. The van der Waals surface area contributed by atoms with Crippen LogP contribution >= 0.6 is 0 Å². The Labute approximate surface area is 106 Å². The third-order valence-corrected chi connectivity index (χ3v) is 2.65. The van der Waals surface area contributed by atoms with Crippen molar-refractivity contribution in [1.29, 1.82) is 0 Å². The van der Waals surface area contributed by atoms with Gasteiger partial charge >= 0.3 is 5.97 Å². The minimum Gasteiger partial charge on any atom is -0.462 e. The standard InChI is InChI=1S/C14H18F2O2/c1-2-3-4-5-6-10-18-14(17)13-11(15)8-7-9-12(13)16/h7-9H,2-6,10H2,1H3. The van der Waals surface area contributed by atoms with Gasteiger partial charge in [-0.05, 0) is 18.6 Å². The normalized spacial score (nSPS) is 10.4. The maximum Gasteiger partial charge on any atom is 0.344 e. The van der Waals surface area contributed by atoms with Gasteiger partial charge in [0.2, 0.25) is 0 Å². The van der Waals surface area contributed by atoms with Crippen LogP contribution in [0, 0.1) is 11.6 Å². The molecular formula is C14H18F2O2. The molecule has 0 atom stereocenters. The Morgan fingerprint density at radius 1 is 1.11 bits per heavy atom. The number of ether oxygens (including phenoxy) is 1. The molecule has 0 fully saturated rings. The molecular weight excluding hydrogens is 238 g/mol. The van der Waals surface area contributed by atoms with E-state index in [0.717, 1.165) is 44.2 Å². The molecule has 0 spiro atoms. The third-order valence-electron chi connectivity index (χ3n) is 2.65. The summed E-state index contributed by atoms with van der Waals surface area (Å²) in [6.07, 6.45) is 5.06. The molecule has 0 aliphatic heterocycles. The molecule has 1 aromatic carbocycles. The van der Waals surface area contributed by atoms with Crippen LogP contribution in [0.1, 0.15) is 49.4 Å². The van der Waals surface area contributed by atoms with Crippen LogP contribution in [0.15, 0.2) is 18.2 Å². The van der Waals surface area contributed by atoms with Gasteiger partial charge in [0.15, 0.2) is 0 Å². The fourth-order valence-electron chi connectivity index (χ4n) is 1.64. The predicted octanol–water partition coefficient (Wildman–Crippen LogP) is 4.09. The van der Waals surface area contributed by atoms with Crippen LogP contribution in [0.25, 0.3) is 0 Å². The lowest BCUT2D eigenvalue weighted by molar-refractivity contribution is 0.0486. The fraction of sp³-hybridized carbons (Fsp3) is 0.500. The molecule has 0 saturated carbocycles. The van der Waals surface area contributed by atoms with Crippen LogP contribution in [0.5, 0.6) is 0 Å². The molecule has 0 bridgehead atoms. The van der Waals surface area contributed by atoms with Crippen molar-refractivity contribution in [2.75, 3.05) is 6.61 Å². The number of esters is 1. The van der Waals surface area contributed by atoms with E-state index in [-0.39, 0.29) is 6.61 Å². The van der Waals surface area contributed by atoms with Crippen LogP contribution in [0.4, 0.5) is 8.78 Å². The SMILES string of the molecule is CCCCCCCOC(=O)c1c(F)cccc1F. The zero-order chi connectivity index (χ0) is 13.4. The van der Waals surface area contributed by atoms with Gasteiger partial charge in [0, 0.05) is 0 Å². The largest absolute Gasteiger partial charge is 0.462 e. The molecule has 4 heteroatoms.